The summed E-state index contributed by atoms with van der Waals surface area (Å²) in [7, 11) is 0. The quantitative estimate of drug-likeness (QED) is 0.432. The minimum absolute atomic E-state index is 0.162. The summed E-state index contributed by atoms with van der Waals surface area (Å²) < 4.78 is 151. The Balaban J connectivity index is 2.28. The summed E-state index contributed by atoms with van der Waals surface area (Å²) in [5.41, 5.74) is -1.96. The van der Waals surface area contributed by atoms with Gasteiger partial charge in [-0.3, -0.25) is 9.78 Å². The summed E-state index contributed by atoms with van der Waals surface area (Å²) in [5, 5.41) is 13.4. The van der Waals surface area contributed by atoms with Crippen molar-refractivity contribution in [3.63, 3.8) is 0 Å². The summed E-state index contributed by atoms with van der Waals surface area (Å²) in [6.45, 7) is -17.7. The summed E-state index contributed by atoms with van der Waals surface area (Å²) in [6.07, 6.45) is 1.12. The molecule has 0 spiro atoms. The van der Waals surface area contributed by atoms with Crippen molar-refractivity contribution in [3.8, 4) is 11.8 Å². The van der Waals surface area contributed by atoms with E-state index in [1.807, 2.05) is 0 Å². The molecule has 1 heterocycles. The Morgan fingerprint density at radius 1 is 1.52 bits per heavy atom. The van der Waals surface area contributed by atoms with E-state index in [2.05, 4.69) is 15.6 Å². The van der Waals surface area contributed by atoms with Crippen LogP contribution in [0.25, 0.3) is 10.9 Å². The smallest absolute Gasteiger partial charge is 0.248 e. The van der Waals surface area contributed by atoms with E-state index in [0.29, 0.717) is 0 Å². The predicted octanol–water partition coefficient (Wildman–Crippen LogP) is 5.10. The van der Waals surface area contributed by atoms with Crippen LogP contribution in [0, 0.1) is 17.1 Å². The van der Waals surface area contributed by atoms with E-state index in [9.17, 15) is 14.4 Å². The van der Waals surface area contributed by atoms with Crippen LogP contribution in [-0.4, -0.2) is 42.8 Å². The van der Waals surface area contributed by atoms with Gasteiger partial charge < -0.3 is 20.3 Å². The van der Waals surface area contributed by atoms with Crippen LogP contribution in [0.1, 0.15) is 35.7 Å². The third-order valence-corrected chi connectivity index (χ3v) is 4.12. The average Bonchev–Trinajstić information content (AvgIpc) is 2.95. The summed E-state index contributed by atoms with van der Waals surface area (Å²) in [4.78, 5) is 16.5. The second-order valence-electron chi connectivity index (χ2n) is 5.96. The van der Waals surface area contributed by atoms with E-state index in [0.717, 1.165) is 18.3 Å². The molecular weight excluding hydrogens is 445 g/mol. The van der Waals surface area contributed by atoms with Crippen LogP contribution >= 0.6 is 11.6 Å². The van der Waals surface area contributed by atoms with Gasteiger partial charge in [0.15, 0.2) is 0 Å². The van der Waals surface area contributed by atoms with Gasteiger partial charge in [-0.1, -0.05) is 17.7 Å². The molecular formula is C24H23ClFN5O2. The van der Waals surface area contributed by atoms with Gasteiger partial charge in [0.2, 0.25) is 5.91 Å². The van der Waals surface area contributed by atoms with Crippen LogP contribution in [0.3, 0.4) is 0 Å². The van der Waals surface area contributed by atoms with Crippen LogP contribution < -0.4 is 15.4 Å². The highest BCUT2D eigenvalue weighted by molar-refractivity contribution is 6.31. The van der Waals surface area contributed by atoms with Gasteiger partial charge in [-0.15, -0.1) is 0 Å². The third kappa shape index (κ3) is 5.98. The molecule has 7 nitrogen and oxygen atoms in total. The minimum atomic E-state index is -3.62. The number of nitrogens with zero attached hydrogens (tertiary/aromatic N) is 3. The Morgan fingerprint density at radius 2 is 2.36 bits per heavy atom. The van der Waals surface area contributed by atoms with Crippen molar-refractivity contribution < 1.29 is 37.2 Å². The van der Waals surface area contributed by atoms with E-state index in [4.69, 9.17) is 39.6 Å². The van der Waals surface area contributed by atoms with Crippen molar-refractivity contribution in [1.29, 1.82) is 5.26 Å². The number of hydrogen-bond donors (Lipinski definition) is 2. The number of rotatable bonds is 8. The Morgan fingerprint density at radius 3 is 3.12 bits per heavy atom. The van der Waals surface area contributed by atoms with Crippen molar-refractivity contribution in [2.24, 2.45) is 0 Å². The van der Waals surface area contributed by atoms with Gasteiger partial charge in [0.25, 0.3) is 0 Å². The van der Waals surface area contributed by atoms with Crippen LogP contribution in [-0.2, 0) is 4.79 Å². The number of nitrogens with one attached hydrogen (secondary N) is 2. The molecule has 2 N–H and O–H groups in total. The molecule has 9 heteroatoms. The van der Waals surface area contributed by atoms with Crippen molar-refractivity contribution in [3.05, 3.63) is 65.0 Å². The fraction of sp³-hybridized carbons (Fsp3) is 0.208. The molecule has 0 saturated heterocycles. The Kier molecular flexibility index (Phi) is 3.29. The maximum atomic E-state index is 14.3. The van der Waals surface area contributed by atoms with Gasteiger partial charge in [0, 0.05) is 51.0 Å². The standard InChI is InChI=1S/C24H23ClFN5O2/c1-4-33-22-12-20-17(11-21(22)30-23(32)6-5-9-31(2)3)24(15(13-27)14-28-20)29-16-7-8-19(26)18(25)10-16/h5-8,10-12,14H,4,9H2,1-3H3,(H,28,29)(H,30,32)/b6-5+/i1D3,2D3,3D3,4D2,5D,7D,8D,9D2,10D. The topological polar surface area (TPSA) is 90.3 Å². The average molecular weight is 485 g/mol. The summed E-state index contributed by atoms with van der Waals surface area (Å²) in [6, 6.07) is -0.517. The molecule has 33 heavy (non-hydrogen) atoms. The zero-order valence-corrected chi connectivity index (χ0v) is 17.0. The molecule has 0 unspecified atom stereocenters. The number of halogens is 2. The lowest BCUT2D eigenvalue weighted by Gasteiger charge is -2.16. The normalized spacial score (nSPS) is 20.9. The third-order valence-electron chi connectivity index (χ3n) is 3.86. The summed E-state index contributed by atoms with van der Waals surface area (Å²) in [5.74, 6) is -3.56. The first kappa shape index (κ1) is 10.1. The molecule has 3 aromatic rings. The van der Waals surface area contributed by atoms with Gasteiger partial charge in [-0.2, -0.15) is 5.26 Å². The van der Waals surface area contributed by atoms with Crippen LogP contribution in [0.4, 0.5) is 21.5 Å². The lowest BCUT2D eigenvalue weighted by atomic mass is 10.1. The molecule has 3 rings (SSSR count). The summed E-state index contributed by atoms with van der Waals surface area (Å²) >= 11 is 5.82. The van der Waals surface area contributed by atoms with Crippen molar-refractivity contribution in [2.75, 3.05) is 37.6 Å². The molecule has 1 amide bonds. The molecule has 170 valence electrons. The molecule has 0 aliphatic rings. The van der Waals surface area contributed by atoms with Crippen molar-refractivity contribution >= 4 is 45.5 Å². The molecule has 0 saturated carbocycles. The monoisotopic (exact) mass is 484 g/mol. The number of carbonyl (C=O) groups excluding carboxylic acids is 1. The molecule has 0 atom stereocenters. The first-order chi connectivity index (χ1) is 22.6. The first-order valence-corrected chi connectivity index (χ1v) is 9.02. The molecule has 1 aromatic heterocycles. The molecule has 0 aliphatic carbocycles. The van der Waals surface area contributed by atoms with Crippen LogP contribution in [0.5, 0.6) is 5.75 Å². The molecule has 2 aromatic carbocycles. The minimum Gasteiger partial charge on any atom is -0.492 e. The second kappa shape index (κ2) is 10.8. The van der Waals surface area contributed by atoms with Gasteiger partial charge in [0.1, 0.15) is 17.6 Å². The van der Waals surface area contributed by atoms with Gasteiger partial charge >= 0.3 is 0 Å². The van der Waals surface area contributed by atoms with Gasteiger partial charge in [-0.05, 0) is 45.0 Å². The van der Waals surface area contributed by atoms with E-state index in [1.165, 1.54) is 0 Å². The zero-order valence-electron chi connectivity index (χ0n) is 33.2. The Bertz CT molecular complexity index is 1880. The van der Waals surface area contributed by atoms with Gasteiger partial charge in [0.05, 0.1) is 42.3 Å². The molecule has 0 aliphatic heterocycles. The van der Waals surface area contributed by atoms with E-state index in [1.54, 1.807) is 6.07 Å². The number of fused-ring (bicyclic) bond motifs is 1. The number of aromatic nitrogens is 1. The molecule has 0 bridgehead atoms. The zero-order chi connectivity index (χ0) is 38.5. The number of anilines is 3. The van der Waals surface area contributed by atoms with E-state index < -0.39 is 96.8 Å². The maximum absolute atomic E-state index is 14.3. The lowest BCUT2D eigenvalue weighted by Crippen LogP contribution is -2.13. The predicted molar refractivity (Wildman–Crippen MR) is 129 cm³/mol. The highest BCUT2D eigenvalue weighted by Gasteiger charge is 2.15. The second-order valence-corrected chi connectivity index (χ2v) is 6.33. The Labute approximate surface area is 220 Å². The van der Waals surface area contributed by atoms with E-state index >= 15 is 0 Å². The van der Waals surface area contributed by atoms with Gasteiger partial charge in [-0.25, -0.2) is 4.39 Å². The first-order valence-electron chi connectivity index (χ1n) is 17.1. The fourth-order valence-corrected chi connectivity index (χ4v) is 2.70. The largest absolute Gasteiger partial charge is 0.492 e. The Hall–Kier alpha value is -3.67. The number of pyridine rings is 1. The number of likely N-dealkylation sites (N-methyl/N-ethyl adjacent to an activating group) is 1. The SMILES string of the molecule is [2H]/C(=C\C(=O)Nc1cc2c(Nc3c([2H])c([2H])c(F)c(Cl)c3[2H])c(C#N)cnc2cc1OC([2H])([2H])C([2H])([2H])[2H])C([2H])([2H])N(C([2H])([2H])[2H])C([2H])([2H])[2H]. The number of ether oxygens (including phenoxy) is 1. The lowest BCUT2D eigenvalue weighted by molar-refractivity contribution is -0.111. The fourth-order valence-electron chi connectivity index (χ4n) is 2.56. The number of nitriles is 1. The van der Waals surface area contributed by atoms with Crippen LogP contribution in [0.2, 0.25) is 5.02 Å². The molecule has 0 radical (unpaired) electrons. The highest BCUT2D eigenvalue weighted by Crippen LogP contribution is 2.36. The number of benzene rings is 2. The molecule has 0 fully saturated rings. The van der Waals surface area contributed by atoms with Crippen LogP contribution in [0.15, 0.2) is 48.6 Å². The van der Waals surface area contributed by atoms with Crippen molar-refractivity contribution in [2.45, 2.75) is 6.85 Å². The number of hydrogen-bond acceptors (Lipinski definition) is 6. The van der Waals surface area contributed by atoms with Crippen molar-refractivity contribution in [1.82, 2.24) is 9.88 Å². The number of carbonyl (C=O) groups is 1. The highest BCUT2D eigenvalue weighted by atomic mass is 35.5. The van der Waals surface area contributed by atoms with E-state index in [-0.39, 0.29) is 28.2 Å². The maximum Gasteiger partial charge on any atom is 0.248 e. The number of amides is 1.